The van der Waals surface area contributed by atoms with Crippen molar-refractivity contribution < 1.29 is 59.5 Å². The Morgan fingerprint density at radius 1 is 0.620 bits per heavy atom. The summed E-state index contributed by atoms with van der Waals surface area (Å²) in [5.74, 6) is -6.38. The highest BCUT2D eigenvalue weighted by molar-refractivity contribution is 7.60. The summed E-state index contributed by atoms with van der Waals surface area (Å²) >= 11 is 0. The van der Waals surface area contributed by atoms with Gasteiger partial charge in [0.05, 0.1) is 16.5 Å². The third-order valence-corrected chi connectivity index (χ3v) is 15.1. The highest BCUT2D eigenvalue weighted by Crippen LogP contribution is 2.70. The summed E-state index contributed by atoms with van der Waals surface area (Å²) in [7, 11) is -10.5. The molecule has 0 aliphatic heterocycles. The van der Waals surface area contributed by atoms with Gasteiger partial charge in [-0.2, -0.15) is 17.6 Å². The largest absolute Gasteiger partial charge is 0.405 e. The lowest BCUT2D eigenvalue weighted by atomic mass is 9.62. The number of nitrogens with one attached hydrogen (secondary N) is 2. The van der Waals surface area contributed by atoms with Gasteiger partial charge in [-0.05, 0) is 155 Å². The molecule has 5 aromatic rings. The Bertz CT molecular complexity index is 2860. The van der Waals surface area contributed by atoms with Gasteiger partial charge >= 0.3 is 26.9 Å². The van der Waals surface area contributed by atoms with E-state index in [4.69, 9.17) is 9.05 Å². The van der Waals surface area contributed by atoms with E-state index >= 15 is 22.4 Å². The average molecular weight is 1030 g/mol. The first-order valence-corrected chi connectivity index (χ1v) is 26.1. The van der Waals surface area contributed by atoms with Gasteiger partial charge in [-0.3, -0.25) is 23.0 Å². The van der Waals surface area contributed by atoms with Crippen molar-refractivity contribution in [1.29, 1.82) is 0 Å². The molecule has 0 radical (unpaired) electrons. The molecule has 0 aliphatic rings. The number of urea groups is 1. The predicted molar refractivity (Wildman–Crippen MR) is 270 cm³/mol. The van der Waals surface area contributed by atoms with Crippen molar-refractivity contribution in [1.82, 2.24) is 0 Å². The van der Waals surface area contributed by atoms with Gasteiger partial charge in [0.25, 0.3) is 5.92 Å². The number of halogens is 5. The van der Waals surface area contributed by atoms with Crippen LogP contribution in [0.5, 0.6) is 0 Å². The van der Waals surface area contributed by atoms with Crippen molar-refractivity contribution in [2.24, 2.45) is 0 Å². The Balaban J connectivity index is 1.85. The summed E-state index contributed by atoms with van der Waals surface area (Å²) in [4.78, 5) is 50.3. The highest BCUT2D eigenvalue weighted by atomic mass is 31.2. The van der Waals surface area contributed by atoms with Crippen LogP contribution in [0.1, 0.15) is 138 Å². The Morgan fingerprint density at radius 2 is 1.13 bits per heavy atom. The number of alkyl halides is 4. The molecule has 0 bridgehead atoms. The predicted octanol–water partition coefficient (Wildman–Crippen LogP) is 14.5. The van der Waals surface area contributed by atoms with E-state index in [-0.39, 0.29) is 33.5 Å². The zero-order valence-corrected chi connectivity index (χ0v) is 44.4. The molecule has 17 heteroatoms. The average Bonchev–Trinajstić information content (AvgIpc) is 3.21. The maximum atomic E-state index is 19.3. The van der Waals surface area contributed by atoms with Gasteiger partial charge in [0.15, 0.2) is 5.78 Å². The minimum atomic E-state index is -5.34. The number of hydrogen-bond acceptors (Lipinski definition) is 6. The van der Waals surface area contributed by atoms with E-state index in [1.807, 2.05) is 19.1 Å². The number of amides is 2. The maximum absolute atomic E-state index is 19.3. The SMILES string of the molecule is Cc1ccc(C)c(NC(=O)Nc2ccc(C(Cc3ccc(C(F)(F)P(=O)(OC(C)(C)C)OC(C)(C)C)cc3)(C(=O)c3ccc(F)cc3)C(F)(F)c3ccc(P(=O)(O)O)c(C(C)(C)C)c3C(C)(C)C)cc2)c1. The fourth-order valence-electron chi connectivity index (χ4n) is 8.60. The lowest BCUT2D eigenvalue weighted by molar-refractivity contribution is -0.0729. The molecular weight excluding hydrogens is 962 g/mol. The molecule has 2 amide bonds. The van der Waals surface area contributed by atoms with Gasteiger partial charge < -0.3 is 20.4 Å². The molecule has 71 heavy (non-hydrogen) atoms. The lowest BCUT2D eigenvalue weighted by Crippen LogP contribution is -2.53. The summed E-state index contributed by atoms with van der Waals surface area (Å²) < 4.78 is 125. The van der Waals surface area contributed by atoms with Crippen LogP contribution in [-0.4, -0.2) is 32.8 Å². The number of aryl methyl sites for hydroxylation is 2. The summed E-state index contributed by atoms with van der Waals surface area (Å²) in [6.07, 6.45) is -0.925. The lowest BCUT2D eigenvalue weighted by Gasteiger charge is -2.44. The fraction of sp³-hybridized carbons (Fsp3) is 0.407. The summed E-state index contributed by atoms with van der Waals surface area (Å²) in [5, 5.41) is 4.97. The summed E-state index contributed by atoms with van der Waals surface area (Å²) in [6, 6.07) is 19.6. The number of ketones is 1. The Kier molecular flexibility index (Phi) is 15.9. The van der Waals surface area contributed by atoms with E-state index < -0.39 is 94.7 Å². The molecular formula is C54H65F5N2O8P2. The van der Waals surface area contributed by atoms with Crippen molar-refractivity contribution in [3.63, 3.8) is 0 Å². The molecule has 0 aromatic heterocycles. The van der Waals surface area contributed by atoms with Crippen molar-refractivity contribution in [2.45, 2.75) is 142 Å². The van der Waals surface area contributed by atoms with Gasteiger partial charge in [0.2, 0.25) is 0 Å². The third kappa shape index (κ3) is 12.4. The topological polar surface area (TPSA) is 151 Å². The summed E-state index contributed by atoms with van der Waals surface area (Å²) in [5.41, 5.74) is -12.8. The van der Waals surface area contributed by atoms with Crippen LogP contribution in [0, 0.1) is 19.7 Å². The number of Topliss-reactive ketones (excluding diaryl/α,β-unsaturated/α-hetero) is 1. The fourth-order valence-corrected chi connectivity index (χ4v) is 11.8. The van der Waals surface area contributed by atoms with Crippen LogP contribution < -0.4 is 15.9 Å². The van der Waals surface area contributed by atoms with Crippen LogP contribution in [-0.2, 0) is 52.4 Å². The molecule has 0 spiro atoms. The Hall–Kier alpha value is -5.01. The molecule has 1 unspecified atom stereocenters. The van der Waals surface area contributed by atoms with Crippen LogP contribution in [0.2, 0.25) is 0 Å². The zero-order chi connectivity index (χ0) is 53.7. The second-order valence-electron chi connectivity index (χ2n) is 22.0. The van der Waals surface area contributed by atoms with Crippen molar-refractivity contribution in [2.75, 3.05) is 10.6 Å². The van der Waals surface area contributed by atoms with E-state index in [0.717, 1.165) is 71.8 Å². The zero-order valence-electron chi connectivity index (χ0n) is 42.7. The monoisotopic (exact) mass is 1030 g/mol. The van der Waals surface area contributed by atoms with Gasteiger partial charge in [0.1, 0.15) is 11.2 Å². The molecule has 0 saturated carbocycles. The first-order chi connectivity index (χ1) is 32.2. The van der Waals surface area contributed by atoms with E-state index in [1.165, 1.54) is 65.8 Å². The summed E-state index contributed by atoms with van der Waals surface area (Å²) in [6.45, 7) is 21.9. The number of rotatable bonds is 14. The molecule has 0 saturated heterocycles. The number of benzene rings is 5. The third-order valence-electron chi connectivity index (χ3n) is 11.5. The minimum absolute atomic E-state index is 0.0704. The first kappa shape index (κ1) is 56.9. The van der Waals surface area contributed by atoms with E-state index in [2.05, 4.69) is 10.6 Å². The Morgan fingerprint density at radius 3 is 1.61 bits per heavy atom. The van der Waals surface area contributed by atoms with Crippen LogP contribution in [0.3, 0.4) is 0 Å². The molecule has 384 valence electrons. The molecule has 0 heterocycles. The highest BCUT2D eigenvalue weighted by Gasteiger charge is 2.63. The second-order valence-corrected chi connectivity index (χ2v) is 25.5. The molecule has 0 aliphatic carbocycles. The second kappa shape index (κ2) is 19.8. The van der Waals surface area contributed by atoms with Crippen LogP contribution in [0.15, 0.2) is 103 Å². The van der Waals surface area contributed by atoms with Crippen LogP contribution in [0.25, 0.3) is 0 Å². The van der Waals surface area contributed by atoms with Crippen LogP contribution in [0.4, 0.5) is 38.1 Å². The molecule has 4 N–H and O–H groups in total. The molecule has 1 atom stereocenters. The quantitative estimate of drug-likeness (QED) is 0.0488. The standard InChI is InChI=1S/C54H65F5N2O8P2/c1-33-15-16-34(2)42(31-33)61-47(63)60-40-27-23-37(24-28-40)52(46(62)36-19-25-39(55)26-20-36,53(56,57)41-29-30-43(70(64,65)66)45(49(6,7)8)44(41)48(3,4)5)32-35-17-21-38(22-18-35)54(58,59)71(67,68-50(9,10)11)69-51(12,13)14/h15-31H,32H2,1-14H3,(H2,60,61,63)(H2,64,65,66). The van der Waals surface area contributed by atoms with E-state index in [9.17, 15) is 28.1 Å². The van der Waals surface area contributed by atoms with Gasteiger partial charge in [0, 0.05) is 28.1 Å². The maximum Gasteiger partial charge on any atom is 0.405 e. The molecule has 5 rings (SSSR count). The van der Waals surface area contributed by atoms with Crippen molar-refractivity contribution in [3.05, 3.63) is 159 Å². The number of hydrogen-bond donors (Lipinski definition) is 4. The Labute approximate surface area is 413 Å². The van der Waals surface area contributed by atoms with Gasteiger partial charge in [-0.15, -0.1) is 0 Å². The molecule has 10 nitrogen and oxygen atoms in total. The van der Waals surface area contributed by atoms with Crippen molar-refractivity contribution >= 4 is 43.7 Å². The minimum Gasteiger partial charge on any atom is -0.321 e. The normalized spacial score (nSPS) is 14.2. The smallest absolute Gasteiger partial charge is 0.321 e. The van der Waals surface area contributed by atoms with Crippen molar-refractivity contribution in [3.8, 4) is 0 Å². The molecule has 0 fully saturated rings. The first-order valence-electron chi connectivity index (χ1n) is 22.9. The number of anilines is 2. The van der Waals surface area contributed by atoms with Gasteiger partial charge in [-0.25, -0.2) is 9.18 Å². The van der Waals surface area contributed by atoms with Crippen LogP contribution >= 0.6 is 15.2 Å². The number of carbonyl (C=O) groups excluding carboxylic acids is 2. The van der Waals surface area contributed by atoms with Gasteiger partial charge in [-0.1, -0.05) is 96.1 Å². The van der Waals surface area contributed by atoms with E-state index in [0.29, 0.717) is 5.69 Å². The molecule has 5 aromatic carbocycles. The van der Waals surface area contributed by atoms with E-state index in [1.54, 1.807) is 54.5 Å². The number of carbonyl (C=O) groups is 2.